The van der Waals surface area contributed by atoms with E-state index in [2.05, 4.69) is 74.8 Å². The average Bonchev–Trinajstić information content (AvgIpc) is 3.29. The third-order valence-electron chi connectivity index (χ3n) is 6.61. The predicted molar refractivity (Wildman–Crippen MR) is 153 cm³/mol. The summed E-state index contributed by atoms with van der Waals surface area (Å²) in [5.41, 5.74) is 8.10. The number of amidine groups is 1. The third kappa shape index (κ3) is 4.31. The second-order valence-electron chi connectivity index (χ2n) is 8.73. The Morgan fingerprint density at radius 1 is 0.914 bits per heavy atom. The summed E-state index contributed by atoms with van der Waals surface area (Å²) >= 11 is 18.6. The maximum absolute atomic E-state index is 6.83. The Balaban J connectivity index is 1.52. The Morgan fingerprint density at radius 2 is 1.66 bits per heavy atom. The number of halogens is 3. The summed E-state index contributed by atoms with van der Waals surface area (Å²) in [5.74, 6) is 0. The lowest BCUT2D eigenvalue weighted by Gasteiger charge is -2.40. The van der Waals surface area contributed by atoms with Crippen LogP contribution in [0.1, 0.15) is 42.0 Å². The zero-order valence-corrected chi connectivity index (χ0v) is 22.6. The molecule has 35 heavy (non-hydrogen) atoms. The molecule has 6 rings (SSSR count). The first kappa shape index (κ1) is 23.2. The second kappa shape index (κ2) is 9.67. The lowest BCUT2D eigenvalue weighted by Crippen LogP contribution is -2.35. The smallest absolute Gasteiger partial charge is 0.174 e. The van der Waals surface area contributed by atoms with Crippen molar-refractivity contribution in [3.63, 3.8) is 0 Å². The van der Waals surface area contributed by atoms with Crippen molar-refractivity contribution < 1.29 is 0 Å². The Labute approximate surface area is 228 Å². The van der Waals surface area contributed by atoms with Crippen LogP contribution >= 0.6 is 50.9 Å². The maximum Gasteiger partial charge on any atom is 0.174 e. The number of hydrogen-bond donors (Lipinski definition) is 0. The molecule has 0 fully saturated rings. The van der Waals surface area contributed by atoms with Crippen LogP contribution in [-0.4, -0.2) is 10.1 Å². The molecule has 0 saturated heterocycles. The second-order valence-corrected chi connectivity index (χ2v) is 11.3. The zero-order valence-electron chi connectivity index (χ0n) is 18.7. The average molecular weight is 580 g/mol. The van der Waals surface area contributed by atoms with Gasteiger partial charge in [0, 0.05) is 19.9 Å². The number of rotatable bonds is 3. The van der Waals surface area contributed by atoms with Gasteiger partial charge in [-0.2, -0.15) is 0 Å². The number of thioether (sulfide) groups is 1. The fraction of sp³-hybridized carbons (Fsp3) is 0.138. The van der Waals surface area contributed by atoms with Crippen molar-refractivity contribution in [2.45, 2.75) is 25.3 Å². The highest BCUT2D eigenvalue weighted by Gasteiger charge is 2.40. The van der Waals surface area contributed by atoms with Gasteiger partial charge in [-0.05, 0) is 77.4 Å². The van der Waals surface area contributed by atoms with Gasteiger partial charge in [0.1, 0.15) is 0 Å². The number of allylic oxidation sites excluding steroid dienone is 1. The van der Waals surface area contributed by atoms with Crippen molar-refractivity contribution in [1.82, 2.24) is 4.90 Å². The van der Waals surface area contributed by atoms with E-state index >= 15 is 0 Å². The van der Waals surface area contributed by atoms with Crippen LogP contribution in [0.5, 0.6) is 0 Å². The van der Waals surface area contributed by atoms with Crippen LogP contribution in [0.4, 0.5) is 0 Å². The van der Waals surface area contributed by atoms with Gasteiger partial charge < -0.3 is 4.90 Å². The van der Waals surface area contributed by atoms with Crippen LogP contribution in [-0.2, 0) is 0 Å². The van der Waals surface area contributed by atoms with Gasteiger partial charge in [-0.3, -0.25) is 0 Å². The first-order valence-corrected chi connectivity index (χ1v) is 14.0. The molecule has 0 spiro atoms. The molecule has 0 N–H and O–H groups in total. The quantitative estimate of drug-likeness (QED) is 0.307. The normalized spacial score (nSPS) is 20.5. The summed E-state index contributed by atoms with van der Waals surface area (Å²) in [7, 11) is 0. The van der Waals surface area contributed by atoms with Gasteiger partial charge in [0.15, 0.2) is 5.17 Å². The molecule has 0 saturated carbocycles. The summed E-state index contributed by atoms with van der Waals surface area (Å²) in [6.45, 7) is 0. The molecular formula is C29H21BrCl2N2S. The minimum absolute atomic E-state index is 0.00829. The zero-order chi connectivity index (χ0) is 23.9. The molecule has 174 valence electrons. The molecule has 3 aliphatic rings. The molecule has 1 aliphatic carbocycles. The third-order valence-corrected chi connectivity index (χ3v) is 8.67. The van der Waals surface area contributed by atoms with Gasteiger partial charge in [-0.25, -0.2) is 4.99 Å². The molecule has 6 heteroatoms. The van der Waals surface area contributed by atoms with Crippen LogP contribution in [0.3, 0.4) is 0 Å². The van der Waals surface area contributed by atoms with E-state index in [9.17, 15) is 0 Å². The number of aliphatic imine (C=N–C) groups is 1. The van der Waals surface area contributed by atoms with Gasteiger partial charge in [-0.15, -0.1) is 0 Å². The van der Waals surface area contributed by atoms with Crippen molar-refractivity contribution >= 4 is 67.8 Å². The standard InChI is InChI=1S/C29H21BrCl2N2S/c30-21-14-12-18(13-15-21)26-17-35-29-33-27-20(16-19-6-1-3-10-24(19)31)7-5-9-23(27)28(34(26)29)22-8-2-4-11-25(22)32/h1-4,6,8,10-17,28H,5,7,9H2/b20-16+/t28-/m0/s1. The van der Waals surface area contributed by atoms with E-state index in [1.807, 2.05) is 30.3 Å². The molecule has 0 unspecified atom stereocenters. The Bertz CT molecular complexity index is 1440. The fourth-order valence-electron chi connectivity index (χ4n) is 5.00. The Hall–Kier alpha value is -2.24. The van der Waals surface area contributed by atoms with Crippen LogP contribution in [0.2, 0.25) is 10.0 Å². The highest BCUT2D eigenvalue weighted by molar-refractivity contribution is 9.10. The van der Waals surface area contributed by atoms with E-state index in [1.165, 1.54) is 11.1 Å². The van der Waals surface area contributed by atoms with Crippen LogP contribution in [0.15, 0.2) is 105 Å². The van der Waals surface area contributed by atoms with Crippen molar-refractivity contribution in [2.24, 2.45) is 4.99 Å². The van der Waals surface area contributed by atoms with E-state index in [0.29, 0.717) is 0 Å². The summed E-state index contributed by atoms with van der Waals surface area (Å²) in [5, 5.41) is 4.73. The minimum Gasteiger partial charge on any atom is -0.308 e. The van der Waals surface area contributed by atoms with Gasteiger partial charge in [0.05, 0.1) is 17.4 Å². The van der Waals surface area contributed by atoms with E-state index in [0.717, 1.165) is 67.0 Å². The molecular weight excluding hydrogens is 559 g/mol. The maximum atomic E-state index is 6.83. The largest absolute Gasteiger partial charge is 0.308 e. The summed E-state index contributed by atoms with van der Waals surface area (Å²) in [6, 6.07) is 24.6. The first-order chi connectivity index (χ1) is 17.1. The molecule has 0 bridgehead atoms. The highest BCUT2D eigenvalue weighted by atomic mass is 79.9. The molecule has 0 amide bonds. The number of benzene rings is 3. The lowest BCUT2D eigenvalue weighted by atomic mass is 9.82. The SMILES string of the molecule is Clc1ccccc1/C=C1\CCCC2=C1N=C1SC=C(c3ccc(Br)cc3)N1[C@H]2c1ccccc1Cl. The van der Waals surface area contributed by atoms with Crippen molar-refractivity contribution in [1.29, 1.82) is 0 Å². The number of hydrogen-bond acceptors (Lipinski definition) is 3. The first-order valence-electron chi connectivity index (χ1n) is 11.5. The monoisotopic (exact) mass is 578 g/mol. The van der Waals surface area contributed by atoms with Crippen molar-refractivity contribution in [3.8, 4) is 0 Å². The predicted octanol–water partition coefficient (Wildman–Crippen LogP) is 9.74. The van der Waals surface area contributed by atoms with Gasteiger partial charge in [-0.1, -0.05) is 99.4 Å². The van der Waals surface area contributed by atoms with Crippen LogP contribution < -0.4 is 0 Å². The molecule has 0 aromatic heterocycles. The van der Waals surface area contributed by atoms with Crippen molar-refractivity contribution in [3.05, 3.63) is 126 Å². The Kier molecular flexibility index (Phi) is 6.40. The van der Waals surface area contributed by atoms with Crippen molar-refractivity contribution in [2.75, 3.05) is 0 Å². The van der Waals surface area contributed by atoms with Crippen LogP contribution in [0, 0.1) is 0 Å². The summed E-state index contributed by atoms with van der Waals surface area (Å²) in [6.07, 6.45) is 5.24. The van der Waals surface area contributed by atoms with Gasteiger partial charge >= 0.3 is 0 Å². The molecule has 0 radical (unpaired) electrons. The minimum atomic E-state index is -0.00829. The summed E-state index contributed by atoms with van der Waals surface area (Å²) < 4.78 is 1.06. The lowest BCUT2D eigenvalue weighted by molar-refractivity contribution is 0.458. The number of fused-ring (bicyclic) bond motifs is 1. The van der Waals surface area contributed by atoms with E-state index in [-0.39, 0.29) is 6.04 Å². The Morgan fingerprint density at radius 3 is 2.43 bits per heavy atom. The molecule has 3 aromatic rings. The topological polar surface area (TPSA) is 15.6 Å². The molecule has 3 aromatic carbocycles. The highest BCUT2D eigenvalue weighted by Crippen LogP contribution is 2.52. The molecule has 2 heterocycles. The molecule has 2 nitrogen and oxygen atoms in total. The summed E-state index contributed by atoms with van der Waals surface area (Å²) in [4.78, 5) is 7.61. The molecule has 1 atom stereocenters. The fourth-order valence-corrected chi connectivity index (χ4v) is 6.62. The molecule has 2 aliphatic heterocycles. The van der Waals surface area contributed by atoms with E-state index in [1.54, 1.807) is 11.8 Å². The van der Waals surface area contributed by atoms with E-state index in [4.69, 9.17) is 28.2 Å². The van der Waals surface area contributed by atoms with Gasteiger partial charge in [0.25, 0.3) is 0 Å². The van der Waals surface area contributed by atoms with Crippen LogP contribution in [0.25, 0.3) is 11.8 Å². The number of nitrogens with zero attached hydrogens (tertiary/aromatic N) is 2. The van der Waals surface area contributed by atoms with Gasteiger partial charge in [0.2, 0.25) is 0 Å². The van der Waals surface area contributed by atoms with E-state index < -0.39 is 0 Å².